The molecular formula is C17H15Cl2NO3. The Morgan fingerprint density at radius 3 is 2.52 bits per heavy atom. The van der Waals surface area contributed by atoms with Crippen LogP contribution in [0.25, 0.3) is 0 Å². The first-order chi connectivity index (χ1) is 10.9. The van der Waals surface area contributed by atoms with Crippen molar-refractivity contribution in [2.45, 2.75) is 20.0 Å². The first-order valence-corrected chi connectivity index (χ1v) is 7.66. The highest BCUT2D eigenvalue weighted by atomic mass is 35.5. The van der Waals surface area contributed by atoms with Gasteiger partial charge in [-0.1, -0.05) is 35.3 Å². The molecule has 0 aliphatic heterocycles. The Morgan fingerprint density at radius 1 is 1.13 bits per heavy atom. The van der Waals surface area contributed by atoms with Gasteiger partial charge < -0.3 is 10.1 Å². The van der Waals surface area contributed by atoms with Crippen LogP contribution in [0.2, 0.25) is 10.0 Å². The van der Waals surface area contributed by atoms with Gasteiger partial charge in [0.05, 0.1) is 10.7 Å². The summed E-state index contributed by atoms with van der Waals surface area (Å²) in [4.78, 5) is 23.8. The Kier molecular flexibility index (Phi) is 5.64. The predicted molar refractivity (Wildman–Crippen MR) is 91.6 cm³/mol. The number of ether oxygens (including phenoxy) is 1. The van der Waals surface area contributed by atoms with Gasteiger partial charge in [-0.05, 0) is 38.1 Å². The number of hydrogen-bond acceptors (Lipinski definition) is 3. The molecule has 4 nitrogen and oxygen atoms in total. The first-order valence-electron chi connectivity index (χ1n) is 6.91. The van der Waals surface area contributed by atoms with Crippen LogP contribution in [0.5, 0.6) is 5.75 Å². The number of hydrogen-bond donors (Lipinski definition) is 1. The number of carbonyl (C=O) groups excluding carboxylic acids is 2. The molecule has 0 aliphatic rings. The van der Waals surface area contributed by atoms with Gasteiger partial charge in [-0.3, -0.25) is 9.59 Å². The zero-order valence-corrected chi connectivity index (χ0v) is 14.1. The van der Waals surface area contributed by atoms with E-state index < -0.39 is 12.0 Å². The second-order valence-electron chi connectivity index (χ2n) is 4.93. The summed E-state index contributed by atoms with van der Waals surface area (Å²) in [5.41, 5.74) is 0.881. The number of amides is 1. The summed E-state index contributed by atoms with van der Waals surface area (Å²) < 4.78 is 5.55. The maximum absolute atomic E-state index is 12.3. The largest absolute Gasteiger partial charge is 0.479 e. The van der Waals surface area contributed by atoms with Gasteiger partial charge in [0.15, 0.2) is 11.9 Å². The number of carbonyl (C=O) groups is 2. The molecular weight excluding hydrogens is 337 g/mol. The molecule has 0 spiro atoms. The lowest BCUT2D eigenvalue weighted by Crippen LogP contribution is -2.30. The van der Waals surface area contributed by atoms with E-state index in [0.29, 0.717) is 27.0 Å². The Bertz CT molecular complexity index is 746. The van der Waals surface area contributed by atoms with Crippen LogP contribution in [-0.2, 0) is 4.79 Å². The van der Waals surface area contributed by atoms with E-state index in [1.165, 1.54) is 13.0 Å². The lowest BCUT2D eigenvalue weighted by molar-refractivity contribution is -0.122. The lowest BCUT2D eigenvalue weighted by Gasteiger charge is -2.16. The third-order valence-corrected chi connectivity index (χ3v) is 3.68. The van der Waals surface area contributed by atoms with Crippen LogP contribution in [0, 0.1) is 0 Å². The van der Waals surface area contributed by atoms with Crippen LogP contribution in [0.3, 0.4) is 0 Å². The fourth-order valence-corrected chi connectivity index (χ4v) is 2.27. The zero-order valence-electron chi connectivity index (χ0n) is 12.6. The second-order valence-corrected chi connectivity index (χ2v) is 5.77. The molecule has 0 unspecified atom stereocenters. The average Bonchev–Trinajstić information content (AvgIpc) is 2.51. The zero-order chi connectivity index (χ0) is 17.0. The summed E-state index contributed by atoms with van der Waals surface area (Å²) in [7, 11) is 0. The minimum absolute atomic E-state index is 0.132. The molecule has 23 heavy (non-hydrogen) atoms. The third-order valence-electron chi connectivity index (χ3n) is 3.13. The number of para-hydroxylation sites is 1. The van der Waals surface area contributed by atoms with Crippen LogP contribution in [0.4, 0.5) is 5.69 Å². The number of nitrogens with one attached hydrogen (secondary N) is 1. The Labute approximate surface area is 144 Å². The van der Waals surface area contributed by atoms with E-state index in [9.17, 15) is 9.59 Å². The molecule has 0 saturated carbocycles. The Hall–Kier alpha value is -2.04. The highest BCUT2D eigenvalue weighted by molar-refractivity contribution is 6.34. The van der Waals surface area contributed by atoms with Gasteiger partial charge in [0, 0.05) is 16.7 Å². The molecule has 1 amide bonds. The predicted octanol–water partition coefficient (Wildman–Crippen LogP) is 4.60. The number of ketones is 1. The molecule has 2 rings (SSSR count). The topological polar surface area (TPSA) is 55.4 Å². The van der Waals surface area contributed by atoms with E-state index >= 15 is 0 Å². The molecule has 0 bridgehead atoms. The maximum Gasteiger partial charge on any atom is 0.265 e. The van der Waals surface area contributed by atoms with Crippen molar-refractivity contribution in [3.05, 3.63) is 58.1 Å². The van der Waals surface area contributed by atoms with E-state index in [0.717, 1.165) is 0 Å². The molecule has 0 saturated heterocycles. The highest BCUT2D eigenvalue weighted by Gasteiger charge is 2.18. The summed E-state index contributed by atoms with van der Waals surface area (Å²) in [5, 5.41) is 3.50. The third kappa shape index (κ3) is 4.47. The molecule has 0 aromatic heterocycles. The van der Waals surface area contributed by atoms with Crippen LogP contribution in [0.15, 0.2) is 42.5 Å². The van der Waals surface area contributed by atoms with Crippen molar-refractivity contribution in [1.29, 1.82) is 0 Å². The first kappa shape index (κ1) is 17.3. The van der Waals surface area contributed by atoms with Crippen LogP contribution < -0.4 is 10.1 Å². The van der Waals surface area contributed by atoms with E-state index in [-0.39, 0.29) is 5.78 Å². The Balaban J connectivity index is 2.12. The summed E-state index contributed by atoms with van der Waals surface area (Å²) >= 11 is 11.9. The molecule has 1 N–H and O–H groups in total. The molecule has 120 valence electrons. The molecule has 0 heterocycles. The van der Waals surface area contributed by atoms with Crippen molar-refractivity contribution < 1.29 is 14.3 Å². The summed E-state index contributed by atoms with van der Waals surface area (Å²) in [6, 6.07) is 11.5. The van der Waals surface area contributed by atoms with Crippen molar-refractivity contribution in [1.82, 2.24) is 0 Å². The van der Waals surface area contributed by atoms with Crippen molar-refractivity contribution in [2.24, 2.45) is 0 Å². The average molecular weight is 352 g/mol. The SMILES string of the molecule is CC(=O)c1ccccc1NC(=O)[C@H](C)Oc1cc(Cl)ccc1Cl. The van der Waals surface area contributed by atoms with Crippen LogP contribution in [-0.4, -0.2) is 17.8 Å². The molecule has 0 radical (unpaired) electrons. The van der Waals surface area contributed by atoms with E-state index in [1.807, 2.05) is 0 Å². The van der Waals surface area contributed by atoms with Gasteiger partial charge in [0.25, 0.3) is 5.91 Å². The van der Waals surface area contributed by atoms with Gasteiger partial charge in [0.2, 0.25) is 0 Å². The normalized spacial score (nSPS) is 11.7. The number of Topliss-reactive ketones (excluding diaryl/α,β-unsaturated/α-hetero) is 1. The smallest absolute Gasteiger partial charge is 0.265 e. The van der Waals surface area contributed by atoms with Gasteiger partial charge in [-0.25, -0.2) is 0 Å². The van der Waals surface area contributed by atoms with Crippen molar-refractivity contribution in [3.8, 4) is 5.75 Å². The minimum atomic E-state index is -0.814. The van der Waals surface area contributed by atoms with Crippen LogP contribution >= 0.6 is 23.2 Å². The van der Waals surface area contributed by atoms with Crippen molar-refractivity contribution in [3.63, 3.8) is 0 Å². The molecule has 0 fully saturated rings. The fourth-order valence-electron chi connectivity index (χ4n) is 1.94. The lowest BCUT2D eigenvalue weighted by atomic mass is 10.1. The molecule has 2 aromatic rings. The fraction of sp³-hybridized carbons (Fsp3) is 0.176. The number of anilines is 1. The summed E-state index contributed by atoms with van der Waals surface area (Å²) in [5.74, 6) is -0.205. The molecule has 6 heteroatoms. The van der Waals surface area contributed by atoms with E-state index in [1.54, 1.807) is 43.3 Å². The number of rotatable bonds is 5. The van der Waals surface area contributed by atoms with Gasteiger partial charge in [-0.2, -0.15) is 0 Å². The highest BCUT2D eigenvalue weighted by Crippen LogP contribution is 2.28. The van der Waals surface area contributed by atoms with Gasteiger partial charge in [-0.15, -0.1) is 0 Å². The molecule has 1 atom stereocenters. The van der Waals surface area contributed by atoms with Crippen LogP contribution in [0.1, 0.15) is 24.2 Å². The van der Waals surface area contributed by atoms with Crippen molar-refractivity contribution in [2.75, 3.05) is 5.32 Å². The minimum Gasteiger partial charge on any atom is -0.479 e. The Morgan fingerprint density at radius 2 is 1.83 bits per heavy atom. The second kappa shape index (κ2) is 7.49. The standard InChI is InChI=1S/C17H15Cl2NO3/c1-10(21)13-5-3-4-6-15(13)20-17(22)11(2)23-16-9-12(18)7-8-14(16)19/h3-9,11H,1-2H3,(H,20,22)/t11-/m0/s1. The monoisotopic (exact) mass is 351 g/mol. The summed E-state index contributed by atoms with van der Waals surface area (Å²) in [6.07, 6.45) is -0.814. The molecule has 2 aromatic carbocycles. The van der Waals surface area contributed by atoms with Crippen molar-refractivity contribution >= 4 is 40.6 Å². The van der Waals surface area contributed by atoms with E-state index in [2.05, 4.69) is 5.32 Å². The summed E-state index contributed by atoms with van der Waals surface area (Å²) in [6.45, 7) is 3.03. The van der Waals surface area contributed by atoms with Gasteiger partial charge in [0.1, 0.15) is 5.75 Å². The number of benzene rings is 2. The van der Waals surface area contributed by atoms with E-state index in [4.69, 9.17) is 27.9 Å². The van der Waals surface area contributed by atoms with Gasteiger partial charge >= 0.3 is 0 Å². The molecule has 0 aliphatic carbocycles. The maximum atomic E-state index is 12.3. The number of halogens is 2. The quantitative estimate of drug-likeness (QED) is 0.800.